The van der Waals surface area contributed by atoms with Gasteiger partial charge in [-0.1, -0.05) is 53.7 Å². The van der Waals surface area contributed by atoms with E-state index in [0.29, 0.717) is 26.9 Å². The highest BCUT2D eigenvalue weighted by Crippen LogP contribution is 2.41. The largest absolute Gasteiger partial charge is 0.353 e. The van der Waals surface area contributed by atoms with Gasteiger partial charge in [-0.15, -0.1) is 0 Å². The van der Waals surface area contributed by atoms with Gasteiger partial charge in [-0.2, -0.15) is 5.26 Å². The number of amides is 1. The summed E-state index contributed by atoms with van der Waals surface area (Å²) < 4.78 is 0. The Hall–Kier alpha value is -3.01. The number of fused-ring (bicyclic) bond motifs is 1. The molecule has 1 amide bonds. The van der Waals surface area contributed by atoms with E-state index in [2.05, 4.69) is 17.5 Å². The van der Waals surface area contributed by atoms with Crippen molar-refractivity contribution in [3.05, 3.63) is 86.6 Å². The number of nitrogens with zero attached hydrogens (tertiary/aromatic N) is 2. The van der Waals surface area contributed by atoms with Crippen molar-refractivity contribution in [1.29, 1.82) is 5.26 Å². The first kappa shape index (κ1) is 23.2. The molecule has 0 unspecified atom stereocenters. The number of anilines is 1. The Labute approximate surface area is 203 Å². The van der Waals surface area contributed by atoms with E-state index < -0.39 is 5.92 Å². The highest BCUT2D eigenvalue weighted by molar-refractivity contribution is 8.03. The Morgan fingerprint density at radius 1 is 1.21 bits per heavy atom. The van der Waals surface area contributed by atoms with E-state index in [1.165, 1.54) is 24.2 Å². The number of dihydropyridines is 1. The number of hydrogen-bond donors (Lipinski definition) is 1. The summed E-state index contributed by atoms with van der Waals surface area (Å²) >= 11 is 7.36. The Balaban J connectivity index is 1.63. The third-order valence-electron chi connectivity index (χ3n) is 6.05. The van der Waals surface area contributed by atoms with Gasteiger partial charge in [-0.3, -0.25) is 9.59 Å². The summed E-state index contributed by atoms with van der Waals surface area (Å²) in [7, 11) is 0. The molecule has 0 bridgehead atoms. The second kappa shape index (κ2) is 9.46. The van der Waals surface area contributed by atoms with Crippen LogP contribution in [-0.4, -0.2) is 23.5 Å². The second-order valence-electron chi connectivity index (χ2n) is 8.29. The van der Waals surface area contributed by atoms with Crippen LogP contribution in [0.4, 0.5) is 5.69 Å². The molecule has 2 heterocycles. The highest BCUT2D eigenvalue weighted by atomic mass is 35.5. The van der Waals surface area contributed by atoms with Gasteiger partial charge in [-0.05, 0) is 56.5 Å². The van der Waals surface area contributed by atoms with Crippen LogP contribution >= 0.6 is 23.4 Å². The van der Waals surface area contributed by atoms with Crippen LogP contribution in [0.3, 0.4) is 0 Å². The van der Waals surface area contributed by atoms with Crippen LogP contribution in [0.1, 0.15) is 37.8 Å². The number of rotatable bonds is 5. The quantitative estimate of drug-likeness (QED) is 0.629. The van der Waals surface area contributed by atoms with Gasteiger partial charge < -0.3 is 10.2 Å². The molecule has 4 rings (SSSR count). The van der Waals surface area contributed by atoms with E-state index in [-0.39, 0.29) is 23.5 Å². The number of ketones is 1. The minimum atomic E-state index is -0.505. The van der Waals surface area contributed by atoms with Crippen LogP contribution in [0.2, 0.25) is 5.02 Å². The number of nitriles is 1. The summed E-state index contributed by atoms with van der Waals surface area (Å²) in [6.07, 6.45) is 0.833. The molecule has 0 saturated heterocycles. The van der Waals surface area contributed by atoms with Gasteiger partial charge in [0.1, 0.15) is 0 Å². The monoisotopic (exact) mass is 477 g/mol. The first-order chi connectivity index (χ1) is 15.8. The zero-order valence-electron chi connectivity index (χ0n) is 18.7. The predicted molar refractivity (Wildman–Crippen MR) is 133 cm³/mol. The van der Waals surface area contributed by atoms with E-state index >= 15 is 0 Å². The number of Topliss-reactive ketones (excluding diaryl/α,β-unsaturated/α-hetero) is 1. The third-order valence-corrected chi connectivity index (χ3v) is 7.30. The Morgan fingerprint density at radius 2 is 1.91 bits per heavy atom. The van der Waals surface area contributed by atoms with Crippen LogP contribution in [0.25, 0.3) is 0 Å². The second-order valence-corrected chi connectivity index (χ2v) is 9.72. The van der Waals surface area contributed by atoms with Crippen LogP contribution in [-0.2, 0) is 16.0 Å². The molecule has 168 valence electrons. The number of allylic oxidation sites excluding steroid dienone is 3. The molecule has 5 nitrogen and oxygen atoms in total. The van der Waals surface area contributed by atoms with Gasteiger partial charge in [0.05, 0.1) is 28.3 Å². The van der Waals surface area contributed by atoms with Gasteiger partial charge >= 0.3 is 0 Å². The van der Waals surface area contributed by atoms with Crippen LogP contribution < -0.4 is 10.2 Å². The Morgan fingerprint density at radius 3 is 2.58 bits per heavy atom. The average molecular weight is 478 g/mol. The maximum absolute atomic E-state index is 13.2. The number of hydrogen-bond acceptors (Lipinski definition) is 5. The van der Waals surface area contributed by atoms with Crippen LogP contribution in [0.5, 0.6) is 0 Å². The van der Waals surface area contributed by atoms with Crippen molar-refractivity contribution in [2.24, 2.45) is 0 Å². The zero-order valence-corrected chi connectivity index (χ0v) is 20.3. The summed E-state index contributed by atoms with van der Waals surface area (Å²) in [5.41, 5.74) is 4.61. The van der Waals surface area contributed by atoms with Crippen molar-refractivity contribution in [2.45, 2.75) is 39.2 Å². The smallest absolute Gasteiger partial charge is 0.237 e. The molecule has 7 heteroatoms. The number of para-hydroxylation sites is 1. The van der Waals surface area contributed by atoms with E-state index in [9.17, 15) is 14.9 Å². The van der Waals surface area contributed by atoms with Crippen molar-refractivity contribution in [2.75, 3.05) is 10.7 Å². The molecule has 0 fully saturated rings. The van der Waals surface area contributed by atoms with E-state index in [0.717, 1.165) is 17.7 Å². The molecule has 0 aliphatic carbocycles. The molecule has 0 radical (unpaired) electrons. The van der Waals surface area contributed by atoms with Gasteiger partial charge in [0.2, 0.25) is 5.91 Å². The molecule has 0 aromatic heterocycles. The van der Waals surface area contributed by atoms with Crippen LogP contribution in [0, 0.1) is 11.3 Å². The van der Waals surface area contributed by atoms with Gasteiger partial charge in [0, 0.05) is 28.0 Å². The SMILES string of the molecule is CC(=O)C1=C(C)NC(SCC(=O)N2c3ccccc3C[C@@H]2C)=C(C#N)[C@@H]1c1ccc(Cl)cc1. The third kappa shape index (κ3) is 4.44. The number of carbonyl (C=O) groups excluding carboxylic acids is 2. The fraction of sp³-hybridized carbons (Fsp3) is 0.269. The molecule has 33 heavy (non-hydrogen) atoms. The zero-order chi connectivity index (χ0) is 23.7. The normalized spacial score (nSPS) is 19.8. The molecule has 2 atom stereocenters. The Bertz CT molecular complexity index is 1230. The van der Waals surface area contributed by atoms with Crippen molar-refractivity contribution >= 4 is 40.7 Å². The Kier molecular flexibility index (Phi) is 6.64. The molecule has 2 aromatic rings. The minimum Gasteiger partial charge on any atom is -0.353 e. The summed E-state index contributed by atoms with van der Waals surface area (Å²) in [5, 5.41) is 14.5. The number of halogens is 1. The van der Waals surface area contributed by atoms with Crippen LogP contribution in [0.15, 0.2) is 70.4 Å². The average Bonchev–Trinajstić information content (AvgIpc) is 3.13. The standard InChI is InChI=1S/C26H24ClN3O2S/c1-15-12-19-6-4-5-7-22(19)30(15)23(32)14-33-26-21(13-28)25(18-8-10-20(27)11-9-18)24(17(3)31)16(2)29-26/h4-11,15,25,29H,12,14H2,1-3H3/t15-,25-/m0/s1. The number of nitrogens with one attached hydrogen (secondary N) is 1. The lowest BCUT2D eigenvalue weighted by Crippen LogP contribution is -2.37. The maximum atomic E-state index is 13.2. The molecule has 1 N–H and O–H groups in total. The summed E-state index contributed by atoms with van der Waals surface area (Å²) in [6, 6.07) is 17.5. The first-order valence-corrected chi connectivity index (χ1v) is 12.1. The molecule has 0 spiro atoms. The first-order valence-electron chi connectivity index (χ1n) is 10.7. The van der Waals surface area contributed by atoms with Crippen molar-refractivity contribution in [1.82, 2.24) is 5.32 Å². The van der Waals surface area contributed by atoms with E-state index in [1.54, 1.807) is 12.1 Å². The number of thioether (sulfide) groups is 1. The molecule has 2 aromatic carbocycles. The van der Waals surface area contributed by atoms with E-state index in [4.69, 9.17) is 11.6 Å². The fourth-order valence-corrected chi connectivity index (χ4v) is 5.71. The topological polar surface area (TPSA) is 73.2 Å². The number of carbonyl (C=O) groups is 2. The molecule has 2 aliphatic heterocycles. The minimum absolute atomic E-state index is 0.00826. The van der Waals surface area contributed by atoms with Gasteiger partial charge in [0.15, 0.2) is 5.78 Å². The van der Waals surface area contributed by atoms with Crippen molar-refractivity contribution < 1.29 is 9.59 Å². The van der Waals surface area contributed by atoms with Crippen molar-refractivity contribution in [3.63, 3.8) is 0 Å². The predicted octanol–water partition coefficient (Wildman–Crippen LogP) is 5.34. The molecular weight excluding hydrogens is 454 g/mol. The summed E-state index contributed by atoms with van der Waals surface area (Å²) in [4.78, 5) is 27.5. The lowest BCUT2D eigenvalue weighted by molar-refractivity contribution is -0.116. The molecule has 0 saturated carbocycles. The summed E-state index contributed by atoms with van der Waals surface area (Å²) in [6.45, 7) is 5.38. The maximum Gasteiger partial charge on any atom is 0.237 e. The lowest BCUT2D eigenvalue weighted by atomic mass is 9.81. The summed E-state index contributed by atoms with van der Waals surface area (Å²) in [5.74, 6) is -0.432. The fourth-order valence-electron chi connectivity index (χ4n) is 4.63. The van der Waals surface area contributed by atoms with Gasteiger partial charge in [0.25, 0.3) is 0 Å². The molecular formula is C26H24ClN3O2S. The lowest BCUT2D eigenvalue weighted by Gasteiger charge is -2.30. The van der Waals surface area contributed by atoms with Gasteiger partial charge in [-0.25, -0.2) is 0 Å². The van der Waals surface area contributed by atoms with Crippen molar-refractivity contribution in [3.8, 4) is 6.07 Å². The van der Waals surface area contributed by atoms with E-state index in [1.807, 2.05) is 49.1 Å². The highest BCUT2D eigenvalue weighted by Gasteiger charge is 2.34. The molecule has 2 aliphatic rings. The number of benzene rings is 2.